The van der Waals surface area contributed by atoms with Crippen molar-refractivity contribution in [2.24, 2.45) is 0 Å². The molecule has 92 valence electrons. The fraction of sp³-hybridized carbons (Fsp3) is 0.231. The van der Waals surface area contributed by atoms with Gasteiger partial charge in [0, 0.05) is 10.9 Å². The van der Waals surface area contributed by atoms with Gasteiger partial charge in [-0.05, 0) is 25.1 Å². The van der Waals surface area contributed by atoms with Crippen molar-refractivity contribution in [1.82, 2.24) is 4.98 Å². The lowest BCUT2D eigenvalue weighted by atomic mass is 10.2. The molecule has 0 N–H and O–H groups in total. The molecule has 0 aliphatic heterocycles. The largest absolute Gasteiger partial charge is 0.492 e. The highest BCUT2D eigenvalue weighted by atomic mass is 35.5. The topological polar surface area (TPSA) is 45.9 Å². The maximum absolute atomic E-state index is 8.62. The molecule has 0 amide bonds. The Morgan fingerprint density at radius 3 is 3.00 bits per heavy atom. The molecule has 0 saturated carbocycles. The minimum Gasteiger partial charge on any atom is -0.492 e. The molecule has 1 heterocycles. The fourth-order valence-electron chi connectivity index (χ4n) is 1.53. The van der Waals surface area contributed by atoms with E-state index in [0.717, 1.165) is 16.3 Å². The van der Waals surface area contributed by atoms with Crippen LogP contribution in [0.4, 0.5) is 0 Å². The Labute approximate surface area is 115 Å². The summed E-state index contributed by atoms with van der Waals surface area (Å²) in [4.78, 5) is 4.38. The number of nitriles is 1. The summed E-state index contributed by atoms with van der Waals surface area (Å²) in [5.74, 6) is 0.676. The molecule has 5 heteroatoms. The van der Waals surface area contributed by atoms with Crippen LogP contribution in [0.15, 0.2) is 23.6 Å². The van der Waals surface area contributed by atoms with Crippen molar-refractivity contribution in [3.05, 3.63) is 33.6 Å². The minimum atomic E-state index is 0.343. The Hall–Kier alpha value is -1.57. The van der Waals surface area contributed by atoms with Crippen LogP contribution in [0, 0.1) is 11.3 Å². The average molecular weight is 279 g/mol. The number of hydrogen-bond donors (Lipinski definition) is 0. The van der Waals surface area contributed by atoms with Crippen LogP contribution in [0.5, 0.6) is 5.75 Å². The molecule has 3 nitrogen and oxygen atoms in total. The summed E-state index contributed by atoms with van der Waals surface area (Å²) >= 11 is 7.61. The van der Waals surface area contributed by atoms with E-state index in [1.807, 2.05) is 30.5 Å². The monoisotopic (exact) mass is 278 g/mol. The summed E-state index contributed by atoms with van der Waals surface area (Å²) in [6, 6.07) is 7.68. The molecule has 0 atom stereocenters. The van der Waals surface area contributed by atoms with Gasteiger partial charge in [0.15, 0.2) is 0 Å². The zero-order chi connectivity index (χ0) is 13.0. The van der Waals surface area contributed by atoms with E-state index in [1.165, 1.54) is 11.3 Å². The summed E-state index contributed by atoms with van der Waals surface area (Å²) in [6.07, 6.45) is 0.343. The van der Waals surface area contributed by atoms with E-state index in [9.17, 15) is 0 Å². The third kappa shape index (κ3) is 2.81. The highest BCUT2D eigenvalue weighted by Crippen LogP contribution is 2.31. The average Bonchev–Trinajstić information content (AvgIpc) is 2.81. The van der Waals surface area contributed by atoms with E-state index in [0.29, 0.717) is 23.8 Å². The van der Waals surface area contributed by atoms with Crippen LogP contribution < -0.4 is 4.74 Å². The maximum atomic E-state index is 8.62. The maximum Gasteiger partial charge on any atom is 0.137 e. The van der Waals surface area contributed by atoms with E-state index in [4.69, 9.17) is 21.6 Å². The zero-order valence-corrected chi connectivity index (χ0v) is 11.4. The van der Waals surface area contributed by atoms with Gasteiger partial charge in [0.25, 0.3) is 0 Å². The molecule has 2 aromatic rings. The molecule has 18 heavy (non-hydrogen) atoms. The summed E-state index contributed by atoms with van der Waals surface area (Å²) in [7, 11) is 0. The standard InChI is InChI=1S/C13H11ClN2OS/c1-2-17-12-4-3-9(7-10(12)14)11-8-18-13(16-11)5-6-15/h3-4,7-8H,2,5H2,1H3. The SMILES string of the molecule is CCOc1ccc(-c2csc(CC#N)n2)cc1Cl. The molecule has 0 radical (unpaired) electrons. The van der Waals surface area contributed by atoms with E-state index in [1.54, 1.807) is 0 Å². The van der Waals surface area contributed by atoms with Crippen LogP contribution in [0.25, 0.3) is 11.3 Å². The Morgan fingerprint density at radius 1 is 1.50 bits per heavy atom. The first-order valence-electron chi connectivity index (χ1n) is 5.48. The summed E-state index contributed by atoms with van der Waals surface area (Å²) in [5.41, 5.74) is 1.78. The number of thiazole rings is 1. The molecule has 0 aliphatic rings. The van der Waals surface area contributed by atoms with E-state index >= 15 is 0 Å². The van der Waals surface area contributed by atoms with Gasteiger partial charge in [0.2, 0.25) is 0 Å². The molecular formula is C13H11ClN2OS. The summed E-state index contributed by atoms with van der Waals surface area (Å²) < 4.78 is 5.38. The zero-order valence-electron chi connectivity index (χ0n) is 9.81. The van der Waals surface area contributed by atoms with Gasteiger partial charge in [-0.3, -0.25) is 0 Å². The minimum absolute atomic E-state index is 0.343. The highest BCUT2D eigenvalue weighted by Gasteiger charge is 2.07. The van der Waals surface area contributed by atoms with Crippen molar-refractivity contribution in [2.45, 2.75) is 13.3 Å². The molecule has 0 aliphatic carbocycles. The number of rotatable bonds is 4. The Bertz CT molecular complexity index is 589. The predicted octanol–water partition coefficient (Wildman–Crippen LogP) is 3.93. The number of halogens is 1. The van der Waals surface area contributed by atoms with Gasteiger partial charge in [0.05, 0.1) is 29.8 Å². The Balaban J connectivity index is 2.28. The van der Waals surface area contributed by atoms with Crippen molar-refractivity contribution >= 4 is 22.9 Å². The van der Waals surface area contributed by atoms with Gasteiger partial charge in [-0.15, -0.1) is 11.3 Å². The second-order valence-electron chi connectivity index (χ2n) is 3.54. The van der Waals surface area contributed by atoms with Crippen LogP contribution in [0.3, 0.4) is 0 Å². The van der Waals surface area contributed by atoms with E-state index in [-0.39, 0.29) is 0 Å². The second-order valence-corrected chi connectivity index (χ2v) is 4.89. The van der Waals surface area contributed by atoms with Crippen LogP contribution in [-0.4, -0.2) is 11.6 Å². The predicted molar refractivity (Wildman–Crippen MR) is 73.0 cm³/mol. The Morgan fingerprint density at radius 2 is 2.33 bits per heavy atom. The second kappa shape index (κ2) is 5.85. The first-order valence-corrected chi connectivity index (χ1v) is 6.74. The normalized spacial score (nSPS) is 10.1. The van der Waals surface area contributed by atoms with Crippen LogP contribution in [-0.2, 0) is 6.42 Å². The van der Waals surface area contributed by atoms with Gasteiger partial charge >= 0.3 is 0 Å². The lowest BCUT2D eigenvalue weighted by Crippen LogP contribution is -1.92. The van der Waals surface area contributed by atoms with Crippen molar-refractivity contribution in [3.8, 4) is 23.1 Å². The van der Waals surface area contributed by atoms with Crippen molar-refractivity contribution in [1.29, 1.82) is 5.26 Å². The van der Waals surface area contributed by atoms with Crippen molar-refractivity contribution < 1.29 is 4.74 Å². The van der Waals surface area contributed by atoms with Crippen LogP contribution >= 0.6 is 22.9 Å². The van der Waals surface area contributed by atoms with E-state index < -0.39 is 0 Å². The van der Waals surface area contributed by atoms with Crippen LogP contribution in [0.2, 0.25) is 5.02 Å². The number of hydrogen-bond acceptors (Lipinski definition) is 4. The molecule has 1 aromatic heterocycles. The van der Waals surface area contributed by atoms with Crippen LogP contribution in [0.1, 0.15) is 11.9 Å². The van der Waals surface area contributed by atoms with Gasteiger partial charge in [-0.25, -0.2) is 4.98 Å². The molecule has 0 fully saturated rings. The Kier molecular flexibility index (Phi) is 4.19. The fourth-order valence-corrected chi connectivity index (χ4v) is 2.50. The highest BCUT2D eigenvalue weighted by molar-refractivity contribution is 7.10. The first kappa shape index (κ1) is 12.9. The molecule has 0 spiro atoms. The third-order valence-electron chi connectivity index (χ3n) is 2.31. The molecule has 2 rings (SSSR count). The number of ether oxygens (including phenoxy) is 1. The number of benzene rings is 1. The third-order valence-corrected chi connectivity index (χ3v) is 3.45. The number of aromatic nitrogens is 1. The molecule has 0 bridgehead atoms. The lowest BCUT2D eigenvalue weighted by Gasteiger charge is -2.06. The summed E-state index contributed by atoms with van der Waals surface area (Å²) in [5, 5.41) is 11.9. The molecule has 1 aromatic carbocycles. The van der Waals surface area contributed by atoms with Crippen molar-refractivity contribution in [3.63, 3.8) is 0 Å². The molecule has 0 unspecified atom stereocenters. The van der Waals surface area contributed by atoms with E-state index in [2.05, 4.69) is 11.1 Å². The first-order chi connectivity index (χ1) is 8.74. The quantitative estimate of drug-likeness (QED) is 0.851. The van der Waals surface area contributed by atoms with Gasteiger partial charge < -0.3 is 4.74 Å². The lowest BCUT2D eigenvalue weighted by molar-refractivity contribution is 0.340. The van der Waals surface area contributed by atoms with Crippen molar-refractivity contribution in [2.75, 3.05) is 6.61 Å². The van der Waals surface area contributed by atoms with Gasteiger partial charge in [0.1, 0.15) is 10.8 Å². The summed E-state index contributed by atoms with van der Waals surface area (Å²) in [6.45, 7) is 2.50. The van der Waals surface area contributed by atoms with Gasteiger partial charge in [-0.1, -0.05) is 11.6 Å². The molecule has 0 saturated heterocycles. The smallest absolute Gasteiger partial charge is 0.137 e. The molecular weight excluding hydrogens is 268 g/mol. The number of nitrogens with zero attached hydrogens (tertiary/aromatic N) is 2. The van der Waals surface area contributed by atoms with Gasteiger partial charge in [-0.2, -0.15) is 5.26 Å².